The fourth-order valence-corrected chi connectivity index (χ4v) is 0.884. The van der Waals surface area contributed by atoms with E-state index in [9.17, 15) is 4.79 Å². The average molecular weight is 187 g/mol. The molecule has 0 saturated heterocycles. The molecule has 0 unspecified atom stereocenters. The maximum Gasteiger partial charge on any atom is 0.135 e. The van der Waals surface area contributed by atoms with Gasteiger partial charge in [0.2, 0.25) is 0 Å². The number of rotatable bonds is 7. The monoisotopic (exact) mass is 187 g/mol. The lowest BCUT2D eigenvalue weighted by atomic mass is 10.2. The first-order valence-electron chi connectivity index (χ1n) is 4.34. The molecular weight excluding hydrogens is 170 g/mol. The minimum absolute atomic E-state index is 0.0378. The molecule has 0 fully saturated rings. The highest BCUT2D eigenvalue weighted by Gasteiger charge is 1.95. The molecule has 4 nitrogen and oxygen atoms in total. The SMILES string of the molecule is CC(=O)CC(C)=NCCOCCO. The first-order valence-corrected chi connectivity index (χ1v) is 4.34. The van der Waals surface area contributed by atoms with E-state index in [0.717, 1.165) is 5.71 Å². The van der Waals surface area contributed by atoms with Crippen molar-refractivity contribution in [2.45, 2.75) is 20.3 Å². The molecule has 4 heteroatoms. The number of Topliss-reactive ketones (excluding diaryl/α,β-unsaturated/α-hetero) is 1. The molecule has 0 amide bonds. The van der Waals surface area contributed by atoms with Gasteiger partial charge in [-0.1, -0.05) is 0 Å². The van der Waals surface area contributed by atoms with Gasteiger partial charge in [-0.25, -0.2) is 0 Å². The van der Waals surface area contributed by atoms with Gasteiger partial charge >= 0.3 is 0 Å². The highest BCUT2D eigenvalue weighted by atomic mass is 16.5. The third-order valence-corrected chi connectivity index (χ3v) is 1.36. The van der Waals surface area contributed by atoms with Gasteiger partial charge in [-0.2, -0.15) is 0 Å². The van der Waals surface area contributed by atoms with E-state index < -0.39 is 0 Å². The Morgan fingerprint density at radius 2 is 2.08 bits per heavy atom. The Hall–Kier alpha value is -0.740. The van der Waals surface area contributed by atoms with Crippen LogP contribution in [-0.2, 0) is 9.53 Å². The largest absolute Gasteiger partial charge is 0.394 e. The summed E-state index contributed by atoms with van der Waals surface area (Å²) >= 11 is 0. The molecule has 0 radical (unpaired) electrons. The Balaban J connectivity index is 3.42. The van der Waals surface area contributed by atoms with Gasteiger partial charge in [0, 0.05) is 12.1 Å². The maximum absolute atomic E-state index is 10.6. The summed E-state index contributed by atoms with van der Waals surface area (Å²) in [7, 11) is 0. The second kappa shape index (κ2) is 7.89. The van der Waals surface area contributed by atoms with Crippen LogP contribution < -0.4 is 0 Å². The van der Waals surface area contributed by atoms with Crippen molar-refractivity contribution in [3.8, 4) is 0 Å². The van der Waals surface area contributed by atoms with Crippen molar-refractivity contribution in [1.29, 1.82) is 0 Å². The summed E-state index contributed by atoms with van der Waals surface area (Å²) in [6, 6.07) is 0. The van der Waals surface area contributed by atoms with Crippen LogP contribution in [0.15, 0.2) is 4.99 Å². The van der Waals surface area contributed by atoms with Crippen molar-refractivity contribution in [3.63, 3.8) is 0 Å². The summed E-state index contributed by atoms with van der Waals surface area (Å²) in [6.07, 6.45) is 0.417. The predicted molar refractivity (Wildman–Crippen MR) is 51.2 cm³/mol. The maximum atomic E-state index is 10.6. The molecular formula is C9H17NO3. The zero-order chi connectivity index (χ0) is 10.1. The summed E-state index contributed by atoms with van der Waals surface area (Å²) in [4.78, 5) is 14.8. The fraction of sp³-hybridized carbons (Fsp3) is 0.778. The molecule has 0 aromatic carbocycles. The molecule has 0 aliphatic carbocycles. The topological polar surface area (TPSA) is 58.9 Å². The van der Waals surface area contributed by atoms with Crippen molar-refractivity contribution >= 4 is 11.5 Å². The third-order valence-electron chi connectivity index (χ3n) is 1.36. The zero-order valence-electron chi connectivity index (χ0n) is 8.25. The van der Waals surface area contributed by atoms with Crippen LogP contribution >= 0.6 is 0 Å². The van der Waals surface area contributed by atoms with Crippen molar-refractivity contribution in [2.24, 2.45) is 4.99 Å². The van der Waals surface area contributed by atoms with Gasteiger partial charge in [0.25, 0.3) is 0 Å². The number of ether oxygens (including phenoxy) is 1. The van der Waals surface area contributed by atoms with E-state index in [-0.39, 0.29) is 12.4 Å². The molecule has 13 heavy (non-hydrogen) atoms. The van der Waals surface area contributed by atoms with E-state index in [1.165, 1.54) is 0 Å². The Bertz CT molecular complexity index is 178. The molecule has 0 aromatic heterocycles. The second-order valence-corrected chi connectivity index (χ2v) is 2.83. The highest BCUT2D eigenvalue weighted by molar-refractivity contribution is 5.99. The predicted octanol–water partition coefficient (Wildman–Crippen LogP) is 0.435. The zero-order valence-corrected chi connectivity index (χ0v) is 8.25. The Kier molecular flexibility index (Phi) is 7.44. The van der Waals surface area contributed by atoms with Crippen LogP contribution in [0.3, 0.4) is 0 Å². The minimum atomic E-state index is 0.0378. The van der Waals surface area contributed by atoms with Crippen LogP contribution in [0.4, 0.5) is 0 Å². The number of hydrogen-bond donors (Lipinski definition) is 1. The van der Waals surface area contributed by atoms with Gasteiger partial charge in [0.15, 0.2) is 0 Å². The lowest BCUT2D eigenvalue weighted by Crippen LogP contribution is -2.06. The molecule has 0 atom stereocenters. The van der Waals surface area contributed by atoms with Crippen molar-refractivity contribution in [1.82, 2.24) is 0 Å². The standard InChI is InChI=1S/C9H17NO3/c1-8(7-9(2)12)10-3-5-13-6-4-11/h11H,3-7H2,1-2H3. The van der Waals surface area contributed by atoms with E-state index >= 15 is 0 Å². The van der Waals surface area contributed by atoms with Crippen LogP contribution in [0.1, 0.15) is 20.3 Å². The Morgan fingerprint density at radius 3 is 2.62 bits per heavy atom. The van der Waals surface area contributed by atoms with Crippen molar-refractivity contribution in [3.05, 3.63) is 0 Å². The van der Waals surface area contributed by atoms with Gasteiger partial charge in [-0.15, -0.1) is 0 Å². The Labute approximate surface area is 78.6 Å². The number of hydrogen-bond acceptors (Lipinski definition) is 4. The summed E-state index contributed by atoms with van der Waals surface area (Å²) < 4.78 is 5.00. The molecule has 0 rings (SSSR count). The lowest BCUT2D eigenvalue weighted by Gasteiger charge is -1.99. The number of ketones is 1. The van der Waals surface area contributed by atoms with Crippen LogP contribution in [-0.4, -0.2) is 43.0 Å². The van der Waals surface area contributed by atoms with Gasteiger partial charge in [0.1, 0.15) is 5.78 Å². The molecule has 0 heterocycles. The highest BCUT2D eigenvalue weighted by Crippen LogP contribution is 1.88. The smallest absolute Gasteiger partial charge is 0.135 e. The number of nitrogens with zero attached hydrogens (tertiary/aromatic N) is 1. The third kappa shape index (κ3) is 9.17. The van der Waals surface area contributed by atoms with Crippen LogP contribution in [0.5, 0.6) is 0 Å². The Morgan fingerprint density at radius 1 is 1.38 bits per heavy atom. The number of carbonyl (C=O) groups excluding carboxylic acids is 1. The van der Waals surface area contributed by atoms with Gasteiger partial charge in [-0.05, 0) is 13.8 Å². The second-order valence-electron chi connectivity index (χ2n) is 2.83. The number of aliphatic hydroxyl groups is 1. The van der Waals surface area contributed by atoms with Crippen molar-refractivity contribution in [2.75, 3.05) is 26.4 Å². The van der Waals surface area contributed by atoms with E-state index in [4.69, 9.17) is 9.84 Å². The number of carbonyl (C=O) groups is 1. The van der Waals surface area contributed by atoms with Crippen molar-refractivity contribution < 1.29 is 14.6 Å². The number of aliphatic imine (C=N–C) groups is 1. The summed E-state index contributed by atoms with van der Waals surface area (Å²) in [5.74, 6) is 0.123. The number of aliphatic hydroxyl groups excluding tert-OH is 1. The molecule has 0 aromatic rings. The van der Waals surface area contributed by atoms with E-state index in [2.05, 4.69) is 4.99 Å². The summed E-state index contributed by atoms with van der Waals surface area (Å²) in [5.41, 5.74) is 0.833. The normalized spacial score (nSPS) is 11.8. The van der Waals surface area contributed by atoms with Crippen LogP contribution in [0.25, 0.3) is 0 Å². The minimum Gasteiger partial charge on any atom is -0.394 e. The average Bonchev–Trinajstić information content (AvgIpc) is 2.02. The molecule has 0 spiro atoms. The van der Waals surface area contributed by atoms with Crippen LogP contribution in [0, 0.1) is 0 Å². The molecule has 0 aliphatic rings. The first kappa shape index (κ1) is 12.3. The van der Waals surface area contributed by atoms with E-state index in [1.54, 1.807) is 6.92 Å². The van der Waals surface area contributed by atoms with E-state index in [1.807, 2.05) is 6.92 Å². The molecule has 0 bridgehead atoms. The summed E-state index contributed by atoms with van der Waals surface area (Å²) in [6.45, 7) is 4.81. The summed E-state index contributed by atoms with van der Waals surface area (Å²) in [5, 5.41) is 8.39. The lowest BCUT2D eigenvalue weighted by molar-refractivity contribution is -0.115. The first-order chi connectivity index (χ1) is 6.16. The van der Waals surface area contributed by atoms with E-state index in [0.29, 0.717) is 26.2 Å². The quantitative estimate of drug-likeness (QED) is 0.464. The van der Waals surface area contributed by atoms with Gasteiger partial charge in [0.05, 0.1) is 26.4 Å². The molecule has 0 aliphatic heterocycles. The van der Waals surface area contributed by atoms with Crippen LogP contribution in [0.2, 0.25) is 0 Å². The molecule has 1 N–H and O–H groups in total. The fourth-order valence-electron chi connectivity index (χ4n) is 0.884. The van der Waals surface area contributed by atoms with Gasteiger partial charge in [-0.3, -0.25) is 9.79 Å². The molecule has 76 valence electrons. The molecule has 0 saturated carbocycles. The van der Waals surface area contributed by atoms with Gasteiger partial charge < -0.3 is 9.84 Å².